The van der Waals surface area contributed by atoms with Crippen molar-refractivity contribution in [1.82, 2.24) is 10.3 Å². The Morgan fingerprint density at radius 3 is 2.52 bits per heavy atom. The maximum Gasteiger partial charge on any atom is 0.164 e. The van der Waals surface area contributed by atoms with E-state index in [1.807, 2.05) is 26.0 Å². The number of aromatic nitrogens is 1. The number of pyridine rings is 1. The highest BCUT2D eigenvalue weighted by molar-refractivity contribution is 5.36. The predicted molar refractivity (Wildman–Crippen MR) is 80.2 cm³/mol. The third kappa shape index (κ3) is 3.27. The van der Waals surface area contributed by atoms with E-state index in [0.717, 1.165) is 17.7 Å². The largest absolute Gasteiger partial charge is 0.306 e. The Labute approximate surface area is 124 Å². The fraction of sp³-hybridized carbons (Fsp3) is 0.353. The lowest BCUT2D eigenvalue weighted by Gasteiger charge is -2.22. The third-order valence-electron chi connectivity index (χ3n) is 3.57. The van der Waals surface area contributed by atoms with Crippen molar-refractivity contribution in [2.75, 3.05) is 6.54 Å². The third-order valence-corrected chi connectivity index (χ3v) is 3.57. The van der Waals surface area contributed by atoms with E-state index < -0.39 is 17.7 Å². The number of halogens is 2. The second-order valence-electron chi connectivity index (χ2n) is 5.16. The summed E-state index contributed by atoms with van der Waals surface area (Å²) in [5.74, 6) is -1.57. The van der Waals surface area contributed by atoms with Crippen LogP contribution < -0.4 is 5.32 Å². The van der Waals surface area contributed by atoms with Crippen LogP contribution in [0.2, 0.25) is 0 Å². The first-order valence-electron chi connectivity index (χ1n) is 7.15. The molecule has 0 fully saturated rings. The zero-order valence-electron chi connectivity index (χ0n) is 12.6. The highest BCUT2D eigenvalue weighted by Crippen LogP contribution is 2.28. The van der Waals surface area contributed by atoms with Gasteiger partial charge in [-0.3, -0.25) is 4.98 Å². The van der Waals surface area contributed by atoms with Crippen molar-refractivity contribution >= 4 is 0 Å². The van der Waals surface area contributed by atoms with Gasteiger partial charge in [-0.15, -0.1) is 0 Å². The Hall–Kier alpha value is -1.81. The monoisotopic (exact) mass is 290 g/mol. The molecule has 0 spiro atoms. The number of benzene rings is 1. The van der Waals surface area contributed by atoms with Gasteiger partial charge in [-0.25, -0.2) is 8.78 Å². The lowest BCUT2D eigenvalue weighted by atomic mass is 9.96. The van der Waals surface area contributed by atoms with Crippen LogP contribution in [0.1, 0.15) is 41.8 Å². The molecule has 2 nitrogen and oxygen atoms in total. The van der Waals surface area contributed by atoms with Gasteiger partial charge >= 0.3 is 0 Å². The number of nitrogens with one attached hydrogen (secondary N) is 1. The molecule has 2 rings (SSSR count). The second-order valence-corrected chi connectivity index (χ2v) is 5.16. The molecule has 21 heavy (non-hydrogen) atoms. The van der Waals surface area contributed by atoms with Crippen LogP contribution in [0.5, 0.6) is 0 Å². The fourth-order valence-corrected chi connectivity index (χ4v) is 2.36. The van der Waals surface area contributed by atoms with Crippen molar-refractivity contribution in [1.29, 1.82) is 0 Å². The standard InChI is InChI=1S/C17H20F2N2/c1-4-9-21-17(13-6-5-10-20-12(13)3)14-8-7-11(2)15(18)16(14)19/h5-8,10,17,21H,4,9H2,1-3H3. The molecule has 0 aliphatic rings. The van der Waals surface area contributed by atoms with Gasteiger partial charge in [0.05, 0.1) is 6.04 Å². The molecule has 4 heteroatoms. The van der Waals surface area contributed by atoms with Crippen LogP contribution in [0.15, 0.2) is 30.5 Å². The highest BCUT2D eigenvalue weighted by atomic mass is 19.2. The van der Waals surface area contributed by atoms with Crippen LogP contribution in [0.3, 0.4) is 0 Å². The number of rotatable bonds is 5. The van der Waals surface area contributed by atoms with Gasteiger partial charge in [0.25, 0.3) is 0 Å². The average Bonchev–Trinajstić information content (AvgIpc) is 2.48. The minimum Gasteiger partial charge on any atom is -0.306 e. The molecular formula is C17H20F2N2. The molecule has 1 aromatic heterocycles. The molecule has 0 aliphatic carbocycles. The minimum absolute atomic E-state index is 0.313. The first-order valence-corrected chi connectivity index (χ1v) is 7.15. The van der Waals surface area contributed by atoms with Crippen LogP contribution in [0.25, 0.3) is 0 Å². The zero-order chi connectivity index (χ0) is 15.4. The number of hydrogen-bond acceptors (Lipinski definition) is 2. The Morgan fingerprint density at radius 1 is 1.10 bits per heavy atom. The van der Waals surface area contributed by atoms with Crippen molar-refractivity contribution in [3.8, 4) is 0 Å². The van der Waals surface area contributed by atoms with Gasteiger partial charge in [0.2, 0.25) is 0 Å². The molecule has 1 atom stereocenters. The Kier molecular flexibility index (Phi) is 5.02. The molecule has 1 aromatic carbocycles. The van der Waals surface area contributed by atoms with Gasteiger partial charge in [0.15, 0.2) is 11.6 Å². The quantitative estimate of drug-likeness (QED) is 0.898. The van der Waals surface area contributed by atoms with Crippen molar-refractivity contribution in [3.63, 3.8) is 0 Å². The smallest absolute Gasteiger partial charge is 0.164 e. The number of hydrogen-bond donors (Lipinski definition) is 1. The summed E-state index contributed by atoms with van der Waals surface area (Å²) in [5.41, 5.74) is 2.32. The molecule has 0 radical (unpaired) electrons. The van der Waals surface area contributed by atoms with E-state index in [2.05, 4.69) is 10.3 Å². The SMILES string of the molecule is CCCNC(c1cccnc1C)c1ccc(C)c(F)c1F. The van der Waals surface area contributed by atoms with E-state index in [1.165, 1.54) is 0 Å². The molecule has 0 amide bonds. The highest BCUT2D eigenvalue weighted by Gasteiger charge is 2.22. The Bertz CT molecular complexity index is 626. The van der Waals surface area contributed by atoms with E-state index in [4.69, 9.17) is 0 Å². The van der Waals surface area contributed by atoms with E-state index in [-0.39, 0.29) is 0 Å². The van der Waals surface area contributed by atoms with Gasteiger partial charge in [0, 0.05) is 17.5 Å². The predicted octanol–water partition coefficient (Wildman–Crippen LogP) is 4.07. The van der Waals surface area contributed by atoms with Crippen molar-refractivity contribution in [3.05, 3.63) is 64.5 Å². The van der Waals surface area contributed by atoms with E-state index in [9.17, 15) is 8.78 Å². The molecule has 1 heterocycles. The first-order chi connectivity index (χ1) is 10.1. The van der Waals surface area contributed by atoms with E-state index in [1.54, 1.807) is 25.3 Å². The van der Waals surface area contributed by atoms with Crippen molar-refractivity contribution in [2.24, 2.45) is 0 Å². The first kappa shape index (κ1) is 15.6. The maximum atomic E-state index is 14.3. The van der Waals surface area contributed by atoms with Gasteiger partial charge in [-0.2, -0.15) is 0 Å². The summed E-state index contributed by atoms with van der Waals surface area (Å²) in [6.07, 6.45) is 2.60. The molecule has 2 aromatic rings. The van der Waals surface area contributed by atoms with E-state index in [0.29, 0.717) is 17.7 Å². The molecule has 1 N–H and O–H groups in total. The normalized spacial score (nSPS) is 12.4. The average molecular weight is 290 g/mol. The lowest BCUT2D eigenvalue weighted by Crippen LogP contribution is -2.25. The van der Waals surface area contributed by atoms with Gasteiger partial charge < -0.3 is 5.32 Å². The molecular weight excluding hydrogens is 270 g/mol. The molecule has 0 aliphatic heterocycles. The molecule has 0 saturated heterocycles. The molecule has 0 saturated carbocycles. The Morgan fingerprint density at radius 2 is 1.86 bits per heavy atom. The summed E-state index contributed by atoms with van der Waals surface area (Å²) < 4.78 is 28.2. The van der Waals surface area contributed by atoms with Gasteiger partial charge in [0.1, 0.15) is 0 Å². The Balaban J connectivity index is 2.51. The van der Waals surface area contributed by atoms with Crippen LogP contribution in [-0.4, -0.2) is 11.5 Å². The summed E-state index contributed by atoms with van der Waals surface area (Å²) in [5, 5.41) is 3.28. The lowest BCUT2D eigenvalue weighted by molar-refractivity contribution is 0.475. The summed E-state index contributed by atoms with van der Waals surface area (Å²) in [6, 6.07) is 6.57. The summed E-state index contributed by atoms with van der Waals surface area (Å²) >= 11 is 0. The van der Waals surface area contributed by atoms with Crippen LogP contribution in [0, 0.1) is 25.5 Å². The zero-order valence-corrected chi connectivity index (χ0v) is 12.6. The summed E-state index contributed by atoms with van der Waals surface area (Å²) in [4.78, 5) is 4.25. The number of aryl methyl sites for hydroxylation is 2. The number of nitrogens with zero attached hydrogens (tertiary/aromatic N) is 1. The van der Waals surface area contributed by atoms with Gasteiger partial charge in [-0.05, 0) is 44.0 Å². The summed E-state index contributed by atoms with van der Waals surface area (Å²) in [6.45, 7) is 6.19. The molecule has 0 bridgehead atoms. The molecule has 1 unspecified atom stereocenters. The topological polar surface area (TPSA) is 24.9 Å². The van der Waals surface area contributed by atoms with Crippen molar-refractivity contribution in [2.45, 2.75) is 33.2 Å². The maximum absolute atomic E-state index is 14.3. The van der Waals surface area contributed by atoms with E-state index >= 15 is 0 Å². The van der Waals surface area contributed by atoms with Gasteiger partial charge in [-0.1, -0.05) is 25.1 Å². The van der Waals surface area contributed by atoms with Crippen molar-refractivity contribution < 1.29 is 8.78 Å². The fourth-order valence-electron chi connectivity index (χ4n) is 2.36. The van der Waals surface area contributed by atoms with Crippen LogP contribution in [-0.2, 0) is 0 Å². The van der Waals surface area contributed by atoms with Crippen LogP contribution >= 0.6 is 0 Å². The molecule has 112 valence electrons. The van der Waals surface area contributed by atoms with Crippen LogP contribution in [0.4, 0.5) is 8.78 Å². The minimum atomic E-state index is -0.785. The second kappa shape index (κ2) is 6.76. The summed E-state index contributed by atoms with van der Waals surface area (Å²) in [7, 11) is 0.